The lowest BCUT2D eigenvalue weighted by Gasteiger charge is -2.12. The number of hydrogen-bond donors (Lipinski definition) is 1. The maximum atomic E-state index is 12.8. The van der Waals surface area contributed by atoms with Gasteiger partial charge in [-0.3, -0.25) is 9.59 Å². The zero-order valence-corrected chi connectivity index (χ0v) is 18.0. The number of nitrogens with zero attached hydrogens (tertiary/aromatic N) is 4. The van der Waals surface area contributed by atoms with E-state index in [4.69, 9.17) is 9.47 Å². The molecule has 0 aliphatic heterocycles. The fraction of sp³-hybridized carbons (Fsp3) is 0.174. The molecule has 0 aliphatic rings. The van der Waals surface area contributed by atoms with E-state index in [1.54, 1.807) is 43.3 Å². The average molecular weight is 431 g/mol. The van der Waals surface area contributed by atoms with Gasteiger partial charge < -0.3 is 9.47 Å². The molecule has 3 rings (SSSR count). The lowest BCUT2D eigenvalue weighted by molar-refractivity contribution is 0.0947. The van der Waals surface area contributed by atoms with Gasteiger partial charge >= 0.3 is 0 Å². The Bertz CT molecular complexity index is 1300. The third-order valence-corrected chi connectivity index (χ3v) is 4.81. The summed E-state index contributed by atoms with van der Waals surface area (Å²) in [6.45, 7) is 3.31. The third kappa shape index (κ3) is 4.20. The number of hydrogen-bond acceptors (Lipinski definition) is 7. The number of nitriles is 1. The second-order valence-corrected chi connectivity index (χ2v) is 6.75. The van der Waals surface area contributed by atoms with Gasteiger partial charge in [-0.25, -0.2) is 5.43 Å². The van der Waals surface area contributed by atoms with Crippen LogP contribution in [0.2, 0.25) is 0 Å². The molecular weight excluding hydrogens is 410 g/mol. The van der Waals surface area contributed by atoms with Gasteiger partial charge in [-0.05, 0) is 37.6 Å². The molecule has 162 valence electrons. The zero-order valence-electron chi connectivity index (χ0n) is 18.0. The summed E-state index contributed by atoms with van der Waals surface area (Å²) in [4.78, 5) is 25.6. The summed E-state index contributed by atoms with van der Waals surface area (Å²) < 4.78 is 11.6. The molecule has 0 saturated carbocycles. The van der Waals surface area contributed by atoms with Gasteiger partial charge in [0, 0.05) is 11.1 Å². The van der Waals surface area contributed by atoms with Gasteiger partial charge in [-0.15, -0.1) is 0 Å². The van der Waals surface area contributed by atoms with Gasteiger partial charge in [-0.2, -0.15) is 20.1 Å². The molecule has 0 aliphatic carbocycles. The first-order chi connectivity index (χ1) is 15.4. The molecule has 0 atom stereocenters. The van der Waals surface area contributed by atoms with E-state index in [-0.39, 0.29) is 16.8 Å². The molecule has 0 spiro atoms. The van der Waals surface area contributed by atoms with Crippen LogP contribution in [0.1, 0.15) is 32.7 Å². The van der Waals surface area contributed by atoms with Crippen LogP contribution in [0.25, 0.3) is 5.69 Å². The maximum Gasteiger partial charge on any atom is 0.292 e. The first kappa shape index (κ1) is 22.2. The van der Waals surface area contributed by atoms with E-state index in [9.17, 15) is 14.9 Å². The number of hydrazone groups is 1. The summed E-state index contributed by atoms with van der Waals surface area (Å²) >= 11 is 0. The van der Waals surface area contributed by atoms with E-state index in [0.717, 1.165) is 10.2 Å². The summed E-state index contributed by atoms with van der Waals surface area (Å²) in [7, 11) is 3.02. The van der Waals surface area contributed by atoms with Gasteiger partial charge in [0.15, 0.2) is 17.2 Å². The quantitative estimate of drug-likeness (QED) is 0.473. The van der Waals surface area contributed by atoms with E-state index in [1.807, 2.05) is 12.1 Å². The molecule has 0 saturated heterocycles. The number of amides is 1. The summed E-state index contributed by atoms with van der Waals surface area (Å²) in [5.41, 5.74) is 3.55. The minimum Gasteiger partial charge on any atom is -0.493 e. The highest BCUT2D eigenvalue weighted by molar-refractivity contribution is 5.95. The smallest absolute Gasteiger partial charge is 0.292 e. The lowest BCUT2D eigenvalue weighted by Crippen LogP contribution is -2.31. The van der Waals surface area contributed by atoms with E-state index >= 15 is 0 Å². The molecule has 1 heterocycles. The van der Waals surface area contributed by atoms with Crippen molar-refractivity contribution in [1.82, 2.24) is 15.2 Å². The minimum atomic E-state index is -0.667. The largest absolute Gasteiger partial charge is 0.493 e. The number of methoxy groups -OCH3 is 2. The third-order valence-electron chi connectivity index (χ3n) is 4.81. The van der Waals surface area contributed by atoms with Crippen molar-refractivity contribution in [3.05, 3.63) is 80.8 Å². The highest BCUT2D eigenvalue weighted by atomic mass is 16.5. The fourth-order valence-corrected chi connectivity index (χ4v) is 3.14. The summed E-state index contributed by atoms with van der Waals surface area (Å²) in [6.07, 6.45) is 1.40. The Labute approximate surface area is 184 Å². The van der Waals surface area contributed by atoms with Gasteiger partial charge in [0.25, 0.3) is 11.5 Å². The number of para-hydroxylation sites is 2. The Balaban J connectivity index is 1.98. The van der Waals surface area contributed by atoms with Gasteiger partial charge in [0.2, 0.25) is 0 Å². The van der Waals surface area contributed by atoms with E-state index in [1.165, 1.54) is 27.4 Å². The predicted molar refractivity (Wildman–Crippen MR) is 119 cm³/mol. The molecule has 3 aromatic rings. The molecule has 32 heavy (non-hydrogen) atoms. The minimum absolute atomic E-state index is 0.0841. The van der Waals surface area contributed by atoms with Crippen molar-refractivity contribution in [3.8, 4) is 23.3 Å². The van der Waals surface area contributed by atoms with Crippen LogP contribution in [0.15, 0.2) is 52.4 Å². The predicted octanol–water partition coefficient (Wildman–Crippen LogP) is 2.50. The van der Waals surface area contributed by atoms with Crippen LogP contribution >= 0.6 is 0 Å². The number of benzene rings is 2. The number of aromatic nitrogens is 2. The Morgan fingerprint density at radius 3 is 2.56 bits per heavy atom. The molecular formula is C23H21N5O4. The molecule has 0 radical (unpaired) electrons. The summed E-state index contributed by atoms with van der Waals surface area (Å²) in [5, 5.41) is 17.7. The number of carbonyl (C=O) groups is 1. The Kier molecular flexibility index (Phi) is 6.65. The van der Waals surface area contributed by atoms with Crippen molar-refractivity contribution in [2.24, 2.45) is 5.10 Å². The Morgan fingerprint density at radius 1 is 1.16 bits per heavy atom. The molecule has 1 aromatic heterocycles. The number of ether oxygens (including phenoxy) is 2. The van der Waals surface area contributed by atoms with E-state index in [2.05, 4.69) is 15.6 Å². The lowest BCUT2D eigenvalue weighted by atomic mass is 10.1. The van der Waals surface area contributed by atoms with E-state index < -0.39 is 11.5 Å². The van der Waals surface area contributed by atoms with Crippen molar-refractivity contribution >= 4 is 12.1 Å². The fourth-order valence-electron chi connectivity index (χ4n) is 3.14. The van der Waals surface area contributed by atoms with Crippen molar-refractivity contribution < 1.29 is 14.3 Å². The molecule has 9 nitrogen and oxygen atoms in total. The number of aryl methyl sites for hydroxylation is 1. The maximum absolute atomic E-state index is 12.8. The second-order valence-electron chi connectivity index (χ2n) is 6.75. The Morgan fingerprint density at radius 2 is 1.91 bits per heavy atom. The van der Waals surface area contributed by atoms with E-state index in [0.29, 0.717) is 22.7 Å². The second kappa shape index (κ2) is 9.57. The van der Waals surface area contributed by atoms with Crippen LogP contribution in [-0.2, 0) is 0 Å². The van der Waals surface area contributed by atoms with Crippen LogP contribution < -0.4 is 20.5 Å². The topological polar surface area (TPSA) is 119 Å². The van der Waals surface area contributed by atoms with Crippen LogP contribution in [0, 0.1) is 25.2 Å². The molecule has 0 unspecified atom stereocenters. The van der Waals surface area contributed by atoms with Crippen LogP contribution in [0.3, 0.4) is 0 Å². The number of carbonyl (C=O) groups excluding carboxylic acids is 1. The number of rotatable bonds is 6. The normalized spacial score (nSPS) is 10.6. The van der Waals surface area contributed by atoms with Gasteiger partial charge in [-0.1, -0.05) is 24.3 Å². The van der Waals surface area contributed by atoms with Crippen molar-refractivity contribution in [2.75, 3.05) is 14.2 Å². The summed E-state index contributed by atoms with van der Waals surface area (Å²) in [5.74, 6) is 0.311. The molecule has 2 aromatic carbocycles. The van der Waals surface area contributed by atoms with Crippen molar-refractivity contribution in [3.63, 3.8) is 0 Å². The molecule has 1 N–H and O–H groups in total. The van der Waals surface area contributed by atoms with Crippen molar-refractivity contribution in [2.45, 2.75) is 13.8 Å². The molecule has 9 heteroatoms. The standard InChI is InChI=1S/C23H21N5O4/c1-14-8-5-6-10-18(14)28-23(30)17(12-24)15(2)20(27-28)22(29)26-25-13-16-9-7-11-19(31-3)21(16)32-4/h5-11,13H,1-4H3,(H,26,29)/b25-13+. The van der Waals surface area contributed by atoms with Gasteiger partial charge in [0.1, 0.15) is 11.6 Å². The summed E-state index contributed by atoms with van der Waals surface area (Å²) in [6, 6.07) is 14.2. The van der Waals surface area contributed by atoms with Gasteiger partial charge in [0.05, 0.1) is 26.1 Å². The highest BCUT2D eigenvalue weighted by Gasteiger charge is 2.20. The van der Waals surface area contributed by atoms with Crippen LogP contribution in [0.4, 0.5) is 0 Å². The molecule has 0 bridgehead atoms. The zero-order chi connectivity index (χ0) is 23.3. The average Bonchev–Trinajstić information content (AvgIpc) is 2.80. The van der Waals surface area contributed by atoms with Crippen LogP contribution in [0.5, 0.6) is 11.5 Å². The SMILES string of the molecule is COc1cccc(/C=N/NC(=O)c2nn(-c3ccccc3C)c(=O)c(C#N)c2C)c1OC. The molecule has 1 amide bonds. The first-order valence-electron chi connectivity index (χ1n) is 9.57. The number of nitrogens with one attached hydrogen (secondary N) is 1. The highest BCUT2D eigenvalue weighted by Crippen LogP contribution is 2.29. The Hall–Kier alpha value is -4.45. The van der Waals surface area contributed by atoms with Crippen molar-refractivity contribution in [1.29, 1.82) is 5.26 Å². The van der Waals surface area contributed by atoms with Crippen LogP contribution in [-0.4, -0.2) is 36.1 Å². The molecule has 0 fully saturated rings. The monoisotopic (exact) mass is 431 g/mol. The first-order valence-corrected chi connectivity index (χ1v) is 9.57.